The zero-order chi connectivity index (χ0) is 19.2. The van der Waals surface area contributed by atoms with E-state index in [1.165, 1.54) is 23.1 Å². The van der Waals surface area contributed by atoms with Crippen molar-refractivity contribution in [3.05, 3.63) is 59.7 Å². The first kappa shape index (κ1) is 19.4. The van der Waals surface area contributed by atoms with Crippen LogP contribution >= 0.6 is 23.1 Å². The van der Waals surface area contributed by atoms with Crippen molar-refractivity contribution in [1.82, 2.24) is 10.2 Å². The summed E-state index contributed by atoms with van der Waals surface area (Å²) < 4.78 is 6.36. The number of Topliss-reactive ketones (excluding diaryl/α,β-unsaturated/α-hetero) is 1. The highest BCUT2D eigenvalue weighted by Gasteiger charge is 2.19. The van der Waals surface area contributed by atoms with Crippen LogP contribution in [0.25, 0.3) is 0 Å². The predicted molar refractivity (Wildman–Crippen MR) is 112 cm³/mol. The van der Waals surface area contributed by atoms with E-state index < -0.39 is 0 Å². The molecular weight excluding hydrogens is 378 g/mol. The number of nitrogens with zero attached hydrogens (tertiary/aromatic N) is 2. The van der Waals surface area contributed by atoms with Gasteiger partial charge in [-0.05, 0) is 32.9 Å². The molecule has 0 spiro atoms. The van der Waals surface area contributed by atoms with Crippen molar-refractivity contribution in [2.45, 2.75) is 30.4 Å². The number of para-hydroxylation sites is 2. The summed E-state index contributed by atoms with van der Waals surface area (Å²) in [5, 5.41) is 12.0. The van der Waals surface area contributed by atoms with Crippen LogP contribution in [0.4, 0.5) is 10.8 Å². The maximum absolute atomic E-state index is 12.6. The SMILES string of the molecule is CCOc1ccccc1Nc1nnc(S[C@H](C)C(=O)c2ccc(C)cc2)s1. The summed E-state index contributed by atoms with van der Waals surface area (Å²) in [6.45, 7) is 6.44. The van der Waals surface area contributed by atoms with Crippen LogP contribution in [-0.4, -0.2) is 27.8 Å². The summed E-state index contributed by atoms with van der Waals surface area (Å²) in [6, 6.07) is 15.3. The maximum atomic E-state index is 12.6. The Morgan fingerprint density at radius 1 is 1.19 bits per heavy atom. The zero-order valence-electron chi connectivity index (χ0n) is 15.4. The molecule has 0 aliphatic carbocycles. The Morgan fingerprint density at radius 2 is 1.93 bits per heavy atom. The van der Waals surface area contributed by atoms with Crippen molar-refractivity contribution in [2.75, 3.05) is 11.9 Å². The Labute approximate surface area is 167 Å². The fourth-order valence-electron chi connectivity index (χ4n) is 2.43. The van der Waals surface area contributed by atoms with Gasteiger partial charge in [0, 0.05) is 5.56 Å². The third-order valence-corrected chi connectivity index (χ3v) is 5.84. The highest BCUT2D eigenvalue weighted by atomic mass is 32.2. The van der Waals surface area contributed by atoms with E-state index in [2.05, 4.69) is 15.5 Å². The van der Waals surface area contributed by atoms with Gasteiger partial charge in [-0.1, -0.05) is 65.1 Å². The number of ketones is 1. The number of benzene rings is 2. The second kappa shape index (κ2) is 9.01. The highest BCUT2D eigenvalue weighted by molar-refractivity contribution is 8.02. The number of aromatic nitrogens is 2. The van der Waals surface area contributed by atoms with Crippen LogP contribution in [0.1, 0.15) is 29.8 Å². The number of carbonyl (C=O) groups excluding carboxylic acids is 1. The summed E-state index contributed by atoms with van der Waals surface area (Å²) >= 11 is 2.84. The minimum Gasteiger partial charge on any atom is -0.492 e. The van der Waals surface area contributed by atoms with Crippen LogP contribution in [0.2, 0.25) is 0 Å². The second-order valence-electron chi connectivity index (χ2n) is 5.92. The number of anilines is 2. The van der Waals surface area contributed by atoms with Crippen molar-refractivity contribution in [1.29, 1.82) is 0 Å². The first-order chi connectivity index (χ1) is 13.1. The van der Waals surface area contributed by atoms with Gasteiger partial charge in [-0.25, -0.2) is 0 Å². The van der Waals surface area contributed by atoms with E-state index in [-0.39, 0.29) is 11.0 Å². The topological polar surface area (TPSA) is 64.1 Å². The Kier molecular flexibility index (Phi) is 6.47. The molecule has 0 aliphatic rings. The standard InChI is InChI=1S/C20H21N3O2S2/c1-4-25-17-8-6-5-7-16(17)21-19-22-23-20(27-19)26-14(3)18(24)15-11-9-13(2)10-12-15/h5-12,14H,4H2,1-3H3,(H,21,22)/t14-/m1/s1. The quantitative estimate of drug-likeness (QED) is 0.407. The number of thioether (sulfide) groups is 1. The molecular formula is C20H21N3O2S2. The Hall–Kier alpha value is -2.38. The molecule has 3 aromatic rings. The number of hydrogen-bond acceptors (Lipinski definition) is 7. The van der Waals surface area contributed by atoms with Crippen molar-refractivity contribution < 1.29 is 9.53 Å². The number of carbonyl (C=O) groups is 1. The molecule has 7 heteroatoms. The molecule has 1 atom stereocenters. The van der Waals surface area contributed by atoms with Gasteiger partial charge in [0.2, 0.25) is 5.13 Å². The lowest BCUT2D eigenvalue weighted by molar-refractivity contribution is 0.0994. The lowest BCUT2D eigenvalue weighted by atomic mass is 10.1. The van der Waals surface area contributed by atoms with Crippen molar-refractivity contribution in [2.24, 2.45) is 0 Å². The Bertz CT molecular complexity index is 910. The van der Waals surface area contributed by atoms with E-state index >= 15 is 0 Å². The van der Waals surface area contributed by atoms with Crippen LogP contribution in [-0.2, 0) is 0 Å². The summed E-state index contributed by atoms with van der Waals surface area (Å²) in [5.74, 6) is 0.860. The van der Waals surface area contributed by atoms with E-state index in [0.29, 0.717) is 17.3 Å². The molecule has 0 radical (unpaired) electrons. The van der Waals surface area contributed by atoms with Crippen molar-refractivity contribution >= 4 is 39.7 Å². The van der Waals surface area contributed by atoms with Gasteiger partial charge in [-0.2, -0.15) is 0 Å². The second-order valence-corrected chi connectivity index (χ2v) is 8.48. The molecule has 0 fully saturated rings. The minimum atomic E-state index is -0.232. The average molecular weight is 400 g/mol. The van der Waals surface area contributed by atoms with Crippen LogP contribution in [0.15, 0.2) is 52.9 Å². The molecule has 0 amide bonds. The Morgan fingerprint density at radius 3 is 2.67 bits per heavy atom. The van der Waals surface area contributed by atoms with E-state index in [9.17, 15) is 4.79 Å². The summed E-state index contributed by atoms with van der Waals surface area (Å²) in [6.07, 6.45) is 0. The van der Waals surface area contributed by atoms with Crippen LogP contribution in [0.3, 0.4) is 0 Å². The van der Waals surface area contributed by atoms with E-state index in [4.69, 9.17) is 4.74 Å². The van der Waals surface area contributed by atoms with Crippen molar-refractivity contribution in [3.63, 3.8) is 0 Å². The minimum absolute atomic E-state index is 0.0893. The van der Waals surface area contributed by atoms with Gasteiger partial charge in [-0.3, -0.25) is 4.79 Å². The van der Waals surface area contributed by atoms with Gasteiger partial charge < -0.3 is 10.1 Å². The lowest BCUT2D eigenvalue weighted by Crippen LogP contribution is -2.13. The smallest absolute Gasteiger partial charge is 0.210 e. The van der Waals surface area contributed by atoms with E-state index in [1.807, 2.05) is 69.3 Å². The molecule has 0 aliphatic heterocycles. The first-order valence-corrected chi connectivity index (χ1v) is 10.4. The molecule has 0 saturated heterocycles. The van der Waals surface area contributed by atoms with Gasteiger partial charge in [0.25, 0.3) is 0 Å². The number of aryl methyl sites for hydroxylation is 1. The molecule has 2 aromatic carbocycles. The van der Waals surface area contributed by atoms with Gasteiger partial charge in [0.05, 0.1) is 17.5 Å². The van der Waals surface area contributed by atoms with Crippen LogP contribution in [0, 0.1) is 6.92 Å². The van der Waals surface area contributed by atoms with Gasteiger partial charge in [-0.15, -0.1) is 10.2 Å². The molecule has 27 heavy (non-hydrogen) atoms. The molecule has 0 unspecified atom stereocenters. The molecule has 1 aromatic heterocycles. The van der Waals surface area contributed by atoms with E-state index in [1.54, 1.807) is 0 Å². The van der Waals surface area contributed by atoms with Crippen LogP contribution < -0.4 is 10.1 Å². The highest BCUT2D eigenvalue weighted by Crippen LogP contribution is 2.33. The number of ether oxygens (including phenoxy) is 1. The molecule has 140 valence electrons. The summed E-state index contributed by atoms with van der Waals surface area (Å²) in [5.41, 5.74) is 2.70. The first-order valence-electron chi connectivity index (χ1n) is 8.66. The van der Waals surface area contributed by atoms with Crippen molar-refractivity contribution in [3.8, 4) is 5.75 Å². The fraction of sp³-hybridized carbons (Fsp3) is 0.250. The van der Waals surface area contributed by atoms with Gasteiger partial charge in [0.1, 0.15) is 5.75 Å². The maximum Gasteiger partial charge on any atom is 0.210 e. The molecule has 0 saturated carbocycles. The summed E-state index contributed by atoms with van der Waals surface area (Å²) in [7, 11) is 0. The molecule has 1 N–H and O–H groups in total. The lowest BCUT2D eigenvalue weighted by Gasteiger charge is -2.09. The largest absolute Gasteiger partial charge is 0.492 e. The van der Waals surface area contributed by atoms with Crippen LogP contribution in [0.5, 0.6) is 5.75 Å². The van der Waals surface area contributed by atoms with E-state index in [0.717, 1.165) is 21.3 Å². The molecule has 1 heterocycles. The number of hydrogen-bond donors (Lipinski definition) is 1. The Balaban J connectivity index is 1.65. The normalized spacial score (nSPS) is 11.8. The van der Waals surface area contributed by atoms with Gasteiger partial charge >= 0.3 is 0 Å². The fourth-order valence-corrected chi connectivity index (χ4v) is 4.42. The third-order valence-electron chi connectivity index (χ3n) is 3.82. The average Bonchev–Trinajstić information content (AvgIpc) is 3.10. The molecule has 0 bridgehead atoms. The predicted octanol–water partition coefficient (Wildman–Crippen LogP) is 5.35. The number of rotatable bonds is 8. The zero-order valence-corrected chi connectivity index (χ0v) is 17.1. The number of nitrogens with one attached hydrogen (secondary N) is 1. The summed E-state index contributed by atoms with van der Waals surface area (Å²) in [4.78, 5) is 12.6. The molecule has 5 nitrogen and oxygen atoms in total. The van der Waals surface area contributed by atoms with Gasteiger partial charge in [0.15, 0.2) is 10.1 Å². The monoisotopic (exact) mass is 399 g/mol. The third kappa shape index (κ3) is 5.08. The molecule has 3 rings (SSSR count).